The first kappa shape index (κ1) is 9.31. The number of hydrogen-bond acceptors (Lipinski definition) is 5. The Morgan fingerprint density at radius 2 is 2.00 bits per heavy atom. The Morgan fingerprint density at radius 1 is 1.46 bits per heavy atom. The second-order valence-corrected chi connectivity index (χ2v) is 2.43. The van der Waals surface area contributed by atoms with Crippen molar-refractivity contribution in [2.45, 2.75) is 6.92 Å². The maximum Gasteiger partial charge on any atom is 0.338 e. The number of rotatable bonds is 2. The molecule has 70 valence electrons. The first-order valence-electron chi connectivity index (χ1n) is 3.83. The lowest BCUT2D eigenvalue weighted by atomic mass is 10.2. The number of nitrogens with two attached hydrogens (primary N) is 2. The Labute approximate surface area is 75.7 Å². The zero-order chi connectivity index (χ0) is 9.84. The summed E-state index contributed by atoms with van der Waals surface area (Å²) in [5, 5.41) is 0. The van der Waals surface area contributed by atoms with Crippen molar-refractivity contribution in [3.05, 3.63) is 17.7 Å². The molecule has 0 spiro atoms. The number of ether oxygens (including phenoxy) is 1. The number of anilines is 2. The fourth-order valence-electron chi connectivity index (χ4n) is 0.906. The number of nitrogen functional groups attached to an aromatic ring is 2. The van der Waals surface area contributed by atoms with E-state index in [1.807, 2.05) is 0 Å². The van der Waals surface area contributed by atoms with E-state index >= 15 is 0 Å². The van der Waals surface area contributed by atoms with Crippen molar-refractivity contribution in [2.75, 3.05) is 18.1 Å². The van der Waals surface area contributed by atoms with Crippen LogP contribution in [0.2, 0.25) is 0 Å². The molecule has 5 nitrogen and oxygen atoms in total. The molecule has 0 saturated heterocycles. The summed E-state index contributed by atoms with van der Waals surface area (Å²) in [6.07, 6.45) is 0. The lowest BCUT2D eigenvalue weighted by Crippen LogP contribution is -2.07. The molecule has 1 aromatic rings. The summed E-state index contributed by atoms with van der Waals surface area (Å²) in [7, 11) is 0. The highest BCUT2D eigenvalue weighted by Gasteiger charge is 2.07. The van der Waals surface area contributed by atoms with Crippen molar-refractivity contribution in [3.8, 4) is 0 Å². The van der Waals surface area contributed by atoms with Gasteiger partial charge >= 0.3 is 5.97 Å². The van der Waals surface area contributed by atoms with E-state index in [1.54, 1.807) is 6.92 Å². The van der Waals surface area contributed by atoms with Crippen molar-refractivity contribution in [1.29, 1.82) is 0 Å². The Morgan fingerprint density at radius 3 is 2.46 bits per heavy atom. The van der Waals surface area contributed by atoms with E-state index in [2.05, 4.69) is 4.98 Å². The predicted molar refractivity (Wildman–Crippen MR) is 49.0 cm³/mol. The van der Waals surface area contributed by atoms with Crippen LogP contribution in [0.3, 0.4) is 0 Å². The van der Waals surface area contributed by atoms with Gasteiger partial charge in [-0.25, -0.2) is 9.78 Å². The van der Waals surface area contributed by atoms with Crippen LogP contribution < -0.4 is 11.5 Å². The minimum atomic E-state index is -0.441. The Bertz CT molecular complexity index is 305. The molecule has 1 aromatic heterocycles. The van der Waals surface area contributed by atoms with E-state index in [0.717, 1.165) is 0 Å². The summed E-state index contributed by atoms with van der Waals surface area (Å²) in [5.74, 6) is -0.0191. The van der Waals surface area contributed by atoms with E-state index in [1.165, 1.54) is 12.1 Å². The number of pyridine rings is 1. The molecular formula is C8H11N3O2. The third kappa shape index (κ3) is 2.33. The molecule has 0 aliphatic rings. The fourth-order valence-corrected chi connectivity index (χ4v) is 0.906. The molecule has 0 saturated carbocycles. The fraction of sp³-hybridized carbons (Fsp3) is 0.250. The number of carbonyl (C=O) groups is 1. The zero-order valence-electron chi connectivity index (χ0n) is 7.28. The van der Waals surface area contributed by atoms with Crippen LogP contribution in [-0.4, -0.2) is 17.6 Å². The van der Waals surface area contributed by atoms with E-state index in [9.17, 15) is 4.79 Å². The standard InChI is InChI=1S/C8H11N3O2/c1-2-13-8(12)5-3-6(9)11-7(10)4-5/h3-4H,2H2,1H3,(H4,9,10,11). The van der Waals surface area contributed by atoms with Gasteiger partial charge in [0.25, 0.3) is 0 Å². The van der Waals surface area contributed by atoms with Crippen molar-refractivity contribution in [1.82, 2.24) is 4.98 Å². The number of hydrogen-bond donors (Lipinski definition) is 2. The van der Waals surface area contributed by atoms with Gasteiger partial charge in [-0.05, 0) is 19.1 Å². The van der Waals surface area contributed by atoms with Crippen LogP contribution >= 0.6 is 0 Å². The summed E-state index contributed by atoms with van der Waals surface area (Å²) in [5.41, 5.74) is 11.1. The van der Waals surface area contributed by atoms with Crippen LogP contribution in [0.1, 0.15) is 17.3 Å². The Kier molecular flexibility index (Phi) is 2.69. The topological polar surface area (TPSA) is 91.2 Å². The van der Waals surface area contributed by atoms with Crippen LogP contribution in [0.15, 0.2) is 12.1 Å². The van der Waals surface area contributed by atoms with Gasteiger partial charge in [-0.2, -0.15) is 0 Å². The second-order valence-electron chi connectivity index (χ2n) is 2.43. The summed E-state index contributed by atoms with van der Waals surface area (Å²) in [6, 6.07) is 2.85. The number of carbonyl (C=O) groups excluding carboxylic acids is 1. The number of esters is 1. The molecule has 0 bridgehead atoms. The molecule has 0 radical (unpaired) electrons. The highest BCUT2D eigenvalue weighted by molar-refractivity contribution is 5.90. The largest absolute Gasteiger partial charge is 0.462 e. The van der Waals surface area contributed by atoms with Gasteiger partial charge in [-0.1, -0.05) is 0 Å². The van der Waals surface area contributed by atoms with Crippen LogP contribution in [0.25, 0.3) is 0 Å². The molecule has 0 unspecified atom stereocenters. The highest BCUT2D eigenvalue weighted by atomic mass is 16.5. The molecule has 0 fully saturated rings. The number of nitrogens with zero attached hydrogens (tertiary/aromatic N) is 1. The normalized spacial score (nSPS) is 9.62. The molecule has 1 heterocycles. The highest BCUT2D eigenvalue weighted by Crippen LogP contribution is 2.09. The minimum absolute atomic E-state index is 0.211. The number of aromatic nitrogens is 1. The molecule has 1 rings (SSSR count). The average Bonchev–Trinajstić information content (AvgIpc) is 2.03. The van der Waals surface area contributed by atoms with E-state index < -0.39 is 5.97 Å². The smallest absolute Gasteiger partial charge is 0.338 e. The van der Waals surface area contributed by atoms with Crippen molar-refractivity contribution in [3.63, 3.8) is 0 Å². The van der Waals surface area contributed by atoms with Crippen molar-refractivity contribution >= 4 is 17.6 Å². The summed E-state index contributed by atoms with van der Waals surface area (Å²) >= 11 is 0. The van der Waals surface area contributed by atoms with Crippen molar-refractivity contribution < 1.29 is 9.53 Å². The lowest BCUT2D eigenvalue weighted by molar-refractivity contribution is 0.0526. The predicted octanol–water partition coefficient (Wildman–Crippen LogP) is 0.423. The molecule has 5 heteroatoms. The van der Waals surface area contributed by atoms with Gasteiger partial charge in [0, 0.05) is 0 Å². The van der Waals surface area contributed by atoms with E-state index in [0.29, 0.717) is 12.2 Å². The molecule has 0 aliphatic carbocycles. The average molecular weight is 181 g/mol. The van der Waals surface area contributed by atoms with Gasteiger partial charge < -0.3 is 16.2 Å². The first-order valence-corrected chi connectivity index (χ1v) is 3.83. The summed E-state index contributed by atoms with van der Waals surface area (Å²) < 4.78 is 4.76. The summed E-state index contributed by atoms with van der Waals surface area (Å²) in [4.78, 5) is 14.9. The first-order chi connectivity index (χ1) is 6.13. The second kappa shape index (κ2) is 3.75. The molecule has 0 amide bonds. The Balaban J connectivity index is 2.94. The minimum Gasteiger partial charge on any atom is -0.462 e. The van der Waals surface area contributed by atoms with Gasteiger partial charge in [0.1, 0.15) is 11.6 Å². The molecule has 0 aliphatic heterocycles. The van der Waals surface area contributed by atoms with Crippen molar-refractivity contribution in [2.24, 2.45) is 0 Å². The molecule has 13 heavy (non-hydrogen) atoms. The maximum atomic E-state index is 11.2. The third-order valence-corrected chi connectivity index (χ3v) is 1.38. The lowest BCUT2D eigenvalue weighted by Gasteiger charge is -2.02. The van der Waals surface area contributed by atoms with E-state index in [-0.39, 0.29) is 11.6 Å². The third-order valence-electron chi connectivity index (χ3n) is 1.38. The summed E-state index contributed by atoms with van der Waals surface area (Å²) in [6.45, 7) is 2.05. The zero-order valence-corrected chi connectivity index (χ0v) is 7.28. The van der Waals surface area contributed by atoms with Gasteiger partial charge in [0.2, 0.25) is 0 Å². The maximum absolute atomic E-state index is 11.2. The van der Waals surface area contributed by atoms with Crippen LogP contribution in [-0.2, 0) is 4.74 Å². The quantitative estimate of drug-likeness (QED) is 0.645. The van der Waals surface area contributed by atoms with E-state index in [4.69, 9.17) is 16.2 Å². The van der Waals surface area contributed by atoms with Crippen LogP contribution in [0, 0.1) is 0 Å². The Hall–Kier alpha value is -1.78. The molecule has 0 aromatic carbocycles. The SMILES string of the molecule is CCOC(=O)c1cc(N)nc(N)c1. The van der Waals surface area contributed by atoms with Crippen LogP contribution in [0.5, 0.6) is 0 Å². The van der Waals surface area contributed by atoms with Gasteiger partial charge in [-0.3, -0.25) is 0 Å². The molecular weight excluding hydrogens is 170 g/mol. The van der Waals surface area contributed by atoms with Crippen LogP contribution in [0.4, 0.5) is 11.6 Å². The molecule has 4 N–H and O–H groups in total. The monoisotopic (exact) mass is 181 g/mol. The van der Waals surface area contributed by atoms with Gasteiger partial charge in [-0.15, -0.1) is 0 Å². The van der Waals surface area contributed by atoms with Gasteiger partial charge in [0.05, 0.1) is 12.2 Å². The van der Waals surface area contributed by atoms with Gasteiger partial charge in [0.15, 0.2) is 0 Å². The molecule has 0 atom stereocenters.